The first-order valence-corrected chi connectivity index (χ1v) is 6.57. The summed E-state index contributed by atoms with van der Waals surface area (Å²) in [6.07, 6.45) is -0.0667. The molecule has 0 spiro atoms. The molecule has 1 unspecified atom stereocenters. The Morgan fingerprint density at radius 2 is 1.50 bits per heavy atom. The molecule has 0 saturated carbocycles. The number of hydrogen-bond donors (Lipinski definition) is 0. The third-order valence-electron chi connectivity index (χ3n) is 3.02. The van der Waals surface area contributed by atoms with Crippen LogP contribution in [0, 0.1) is 0 Å². The maximum absolute atomic E-state index is 11.8. The summed E-state index contributed by atoms with van der Waals surface area (Å²) in [4.78, 5) is 11.8. The molecule has 2 aromatic rings. The van der Waals surface area contributed by atoms with Gasteiger partial charge in [-0.15, -0.1) is 0 Å². The van der Waals surface area contributed by atoms with Crippen LogP contribution < -0.4 is 0 Å². The molecule has 0 aliphatic carbocycles. The first kappa shape index (κ1) is 14.3. The number of ether oxygens (including phenoxy) is 2. The normalized spacial score (nSPS) is 11.8. The molecule has 20 heavy (non-hydrogen) atoms. The molecule has 0 fully saturated rings. The summed E-state index contributed by atoms with van der Waals surface area (Å²) in [7, 11) is 1.38. The Kier molecular flexibility index (Phi) is 5.33. The summed E-state index contributed by atoms with van der Waals surface area (Å²) in [5.41, 5.74) is 2.09. The molecule has 0 radical (unpaired) electrons. The maximum atomic E-state index is 11.8. The zero-order valence-electron chi connectivity index (χ0n) is 11.5. The van der Waals surface area contributed by atoms with Gasteiger partial charge in [-0.3, -0.25) is 0 Å². The molecule has 0 aliphatic rings. The minimum Gasteiger partial charge on any atom is -0.467 e. The molecule has 0 amide bonds. The molecular weight excluding hydrogens is 252 g/mol. The van der Waals surface area contributed by atoms with Gasteiger partial charge in [0.05, 0.1) is 13.7 Å². The van der Waals surface area contributed by atoms with Crippen LogP contribution in [0.3, 0.4) is 0 Å². The summed E-state index contributed by atoms with van der Waals surface area (Å²) in [5, 5.41) is 0. The van der Waals surface area contributed by atoms with Crippen LogP contribution in [0.5, 0.6) is 0 Å². The second kappa shape index (κ2) is 7.46. The van der Waals surface area contributed by atoms with Crippen LogP contribution in [0.15, 0.2) is 60.7 Å². The molecule has 2 rings (SSSR count). The highest BCUT2D eigenvalue weighted by Crippen LogP contribution is 2.10. The molecule has 0 aromatic heterocycles. The van der Waals surface area contributed by atoms with Crippen molar-refractivity contribution in [2.75, 3.05) is 7.11 Å². The third-order valence-corrected chi connectivity index (χ3v) is 3.02. The lowest BCUT2D eigenvalue weighted by atomic mass is 10.1. The number of benzene rings is 2. The number of rotatable bonds is 6. The zero-order valence-corrected chi connectivity index (χ0v) is 11.5. The van der Waals surface area contributed by atoms with E-state index in [0.29, 0.717) is 13.0 Å². The van der Waals surface area contributed by atoms with Gasteiger partial charge in [0.25, 0.3) is 0 Å². The Labute approximate surface area is 119 Å². The first-order chi connectivity index (χ1) is 9.79. The molecule has 2 aromatic carbocycles. The van der Waals surface area contributed by atoms with Crippen molar-refractivity contribution in [1.82, 2.24) is 0 Å². The van der Waals surface area contributed by atoms with Crippen LogP contribution in [0.1, 0.15) is 11.1 Å². The van der Waals surface area contributed by atoms with Crippen molar-refractivity contribution in [2.24, 2.45) is 0 Å². The van der Waals surface area contributed by atoms with E-state index in [1.165, 1.54) is 7.11 Å². The van der Waals surface area contributed by atoms with Gasteiger partial charge in [-0.05, 0) is 11.1 Å². The Morgan fingerprint density at radius 3 is 2.05 bits per heavy atom. The van der Waals surface area contributed by atoms with Crippen LogP contribution in [0.2, 0.25) is 0 Å². The van der Waals surface area contributed by atoms with Crippen molar-refractivity contribution < 1.29 is 14.3 Å². The average Bonchev–Trinajstić information content (AvgIpc) is 2.52. The molecule has 0 aliphatic heterocycles. The summed E-state index contributed by atoms with van der Waals surface area (Å²) in [6.45, 7) is 0.396. The van der Waals surface area contributed by atoms with E-state index in [-0.39, 0.29) is 5.97 Å². The van der Waals surface area contributed by atoms with Crippen LogP contribution >= 0.6 is 0 Å². The van der Waals surface area contributed by atoms with Gasteiger partial charge in [-0.2, -0.15) is 0 Å². The minimum atomic E-state index is -0.581. The molecule has 0 saturated heterocycles. The van der Waals surface area contributed by atoms with Gasteiger partial charge >= 0.3 is 5.97 Å². The van der Waals surface area contributed by atoms with Crippen molar-refractivity contribution >= 4 is 5.97 Å². The highest BCUT2D eigenvalue weighted by Gasteiger charge is 2.20. The van der Waals surface area contributed by atoms with E-state index in [9.17, 15) is 4.79 Å². The number of methoxy groups -OCH3 is 1. The van der Waals surface area contributed by atoms with Crippen LogP contribution in [0.4, 0.5) is 0 Å². The van der Waals surface area contributed by atoms with Crippen molar-refractivity contribution in [1.29, 1.82) is 0 Å². The lowest BCUT2D eigenvalue weighted by molar-refractivity contribution is -0.154. The highest BCUT2D eigenvalue weighted by atomic mass is 16.6. The van der Waals surface area contributed by atoms with E-state index in [1.807, 2.05) is 60.7 Å². The third kappa shape index (κ3) is 4.21. The minimum absolute atomic E-state index is 0.343. The lowest BCUT2D eigenvalue weighted by Gasteiger charge is -2.16. The van der Waals surface area contributed by atoms with Crippen molar-refractivity contribution in [2.45, 2.75) is 19.1 Å². The van der Waals surface area contributed by atoms with Crippen LogP contribution in [-0.2, 0) is 27.3 Å². The molecule has 0 N–H and O–H groups in total. The smallest absolute Gasteiger partial charge is 0.335 e. The van der Waals surface area contributed by atoms with E-state index in [0.717, 1.165) is 11.1 Å². The zero-order chi connectivity index (χ0) is 14.2. The fourth-order valence-electron chi connectivity index (χ4n) is 1.94. The number of hydrogen-bond acceptors (Lipinski definition) is 3. The largest absolute Gasteiger partial charge is 0.467 e. The standard InChI is InChI=1S/C17H18O3/c1-19-17(18)16(12-14-8-4-2-5-9-14)20-13-15-10-6-3-7-11-15/h2-11,16H,12-13H2,1H3. The van der Waals surface area contributed by atoms with Crippen LogP contribution in [-0.4, -0.2) is 19.2 Å². The Balaban J connectivity index is 1.99. The van der Waals surface area contributed by atoms with E-state index in [4.69, 9.17) is 9.47 Å². The fraction of sp³-hybridized carbons (Fsp3) is 0.235. The first-order valence-electron chi connectivity index (χ1n) is 6.57. The number of carbonyl (C=O) groups excluding carboxylic acids is 1. The molecule has 0 heterocycles. The van der Waals surface area contributed by atoms with Crippen molar-refractivity contribution in [3.63, 3.8) is 0 Å². The summed E-state index contributed by atoms with van der Waals surface area (Å²) in [6, 6.07) is 19.6. The van der Waals surface area contributed by atoms with Gasteiger partial charge < -0.3 is 9.47 Å². The van der Waals surface area contributed by atoms with Gasteiger partial charge in [0.15, 0.2) is 6.10 Å². The van der Waals surface area contributed by atoms with Gasteiger partial charge in [-0.25, -0.2) is 4.79 Å². The van der Waals surface area contributed by atoms with E-state index in [1.54, 1.807) is 0 Å². The van der Waals surface area contributed by atoms with Crippen molar-refractivity contribution in [3.8, 4) is 0 Å². The van der Waals surface area contributed by atoms with Gasteiger partial charge in [-0.1, -0.05) is 60.7 Å². The second-order valence-corrected chi connectivity index (χ2v) is 4.50. The summed E-state index contributed by atoms with van der Waals surface area (Å²) < 4.78 is 10.5. The SMILES string of the molecule is COC(=O)C(Cc1ccccc1)OCc1ccccc1. The Bertz CT molecular complexity index is 522. The average molecular weight is 270 g/mol. The lowest BCUT2D eigenvalue weighted by Crippen LogP contribution is -2.27. The van der Waals surface area contributed by atoms with E-state index < -0.39 is 6.10 Å². The van der Waals surface area contributed by atoms with Crippen LogP contribution in [0.25, 0.3) is 0 Å². The molecular formula is C17H18O3. The van der Waals surface area contributed by atoms with E-state index >= 15 is 0 Å². The summed E-state index contributed by atoms with van der Waals surface area (Å²) >= 11 is 0. The van der Waals surface area contributed by atoms with Gasteiger partial charge in [0.2, 0.25) is 0 Å². The number of esters is 1. The molecule has 0 bridgehead atoms. The van der Waals surface area contributed by atoms with E-state index in [2.05, 4.69) is 0 Å². The molecule has 3 heteroatoms. The van der Waals surface area contributed by atoms with Gasteiger partial charge in [0.1, 0.15) is 0 Å². The Morgan fingerprint density at radius 1 is 0.950 bits per heavy atom. The van der Waals surface area contributed by atoms with Crippen molar-refractivity contribution in [3.05, 3.63) is 71.8 Å². The van der Waals surface area contributed by atoms with Gasteiger partial charge in [0, 0.05) is 6.42 Å². The monoisotopic (exact) mass is 270 g/mol. The number of carbonyl (C=O) groups is 1. The molecule has 1 atom stereocenters. The second-order valence-electron chi connectivity index (χ2n) is 4.50. The quantitative estimate of drug-likeness (QED) is 0.757. The topological polar surface area (TPSA) is 35.5 Å². The summed E-state index contributed by atoms with van der Waals surface area (Å²) in [5.74, 6) is -0.343. The maximum Gasteiger partial charge on any atom is 0.335 e. The predicted octanol–water partition coefficient (Wildman–Crippen LogP) is 2.99. The molecule has 104 valence electrons. The Hall–Kier alpha value is -2.13. The molecule has 3 nitrogen and oxygen atoms in total. The predicted molar refractivity (Wildman–Crippen MR) is 77.2 cm³/mol. The fourth-order valence-corrected chi connectivity index (χ4v) is 1.94. The highest BCUT2D eigenvalue weighted by molar-refractivity contribution is 5.74.